The van der Waals surface area contributed by atoms with E-state index in [9.17, 15) is 14.4 Å². The Labute approximate surface area is 132 Å². The number of hydrogen-bond donors (Lipinski definition) is 3. The van der Waals surface area contributed by atoms with E-state index in [0.717, 1.165) is 11.8 Å². The number of carbonyl (C=O) groups is 3. The number of aromatic nitrogens is 1. The molecule has 118 valence electrons. The number of pyridine rings is 1. The van der Waals surface area contributed by atoms with E-state index in [1.807, 2.05) is 30.3 Å². The van der Waals surface area contributed by atoms with Crippen molar-refractivity contribution in [3.63, 3.8) is 0 Å². The van der Waals surface area contributed by atoms with Crippen LogP contribution in [0.25, 0.3) is 0 Å². The van der Waals surface area contributed by atoms with Crippen molar-refractivity contribution in [3.05, 3.63) is 65.5 Å². The molecule has 1 aromatic carbocycles. The Morgan fingerprint density at radius 1 is 1.13 bits per heavy atom. The van der Waals surface area contributed by atoms with Gasteiger partial charge in [-0.1, -0.05) is 30.3 Å². The van der Waals surface area contributed by atoms with Crippen molar-refractivity contribution in [2.24, 2.45) is 5.73 Å². The first kappa shape index (κ1) is 16.2. The van der Waals surface area contributed by atoms with E-state index in [0.29, 0.717) is 0 Å². The summed E-state index contributed by atoms with van der Waals surface area (Å²) in [6.07, 6.45) is 1.34. The van der Waals surface area contributed by atoms with Crippen LogP contribution < -0.4 is 11.1 Å². The first-order valence-electron chi connectivity index (χ1n) is 6.81. The number of amides is 2. The molecule has 0 spiro atoms. The second kappa shape index (κ2) is 7.17. The minimum Gasteiger partial charge on any atom is -0.478 e. The Kier molecular flexibility index (Phi) is 5.03. The van der Waals surface area contributed by atoms with Crippen LogP contribution >= 0.6 is 0 Å². The van der Waals surface area contributed by atoms with Crippen LogP contribution in [0.4, 0.5) is 0 Å². The van der Waals surface area contributed by atoms with Gasteiger partial charge in [0.05, 0.1) is 5.56 Å². The summed E-state index contributed by atoms with van der Waals surface area (Å²) >= 11 is 0. The third-order valence-corrected chi connectivity index (χ3v) is 3.17. The fraction of sp³-hybridized carbons (Fsp3) is 0.125. The molecule has 0 bridgehead atoms. The lowest BCUT2D eigenvalue weighted by atomic mass is 10.1. The van der Waals surface area contributed by atoms with Crippen LogP contribution in [-0.4, -0.2) is 33.9 Å². The lowest BCUT2D eigenvalue weighted by molar-refractivity contribution is -0.119. The molecule has 1 heterocycles. The fourth-order valence-electron chi connectivity index (χ4n) is 1.96. The van der Waals surface area contributed by atoms with Crippen LogP contribution in [0.1, 0.15) is 26.4 Å². The zero-order chi connectivity index (χ0) is 16.8. The second-order valence-electron chi connectivity index (χ2n) is 4.86. The van der Waals surface area contributed by atoms with Crippen molar-refractivity contribution in [2.75, 3.05) is 0 Å². The molecule has 1 aromatic heterocycles. The summed E-state index contributed by atoms with van der Waals surface area (Å²) < 4.78 is 0. The molecule has 1 atom stereocenters. The van der Waals surface area contributed by atoms with Crippen molar-refractivity contribution in [1.29, 1.82) is 0 Å². The number of nitrogens with two attached hydrogens (primary N) is 1. The Bertz CT molecular complexity index is 714. The maximum absolute atomic E-state index is 12.1. The smallest absolute Gasteiger partial charge is 0.337 e. The van der Waals surface area contributed by atoms with Gasteiger partial charge in [0.1, 0.15) is 11.7 Å². The summed E-state index contributed by atoms with van der Waals surface area (Å²) in [4.78, 5) is 38.2. The zero-order valence-electron chi connectivity index (χ0n) is 12.1. The average Bonchev–Trinajstić information content (AvgIpc) is 2.55. The zero-order valence-corrected chi connectivity index (χ0v) is 12.1. The number of carboxylic acids is 1. The maximum atomic E-state index is 12.1. The number of carbonyl (C=O) groups excluding carboxylic acids is 2. The number of primary amides is 1. The van der Waals surface area contributed by atoms with E-state index in [1.54, 1.807) is 0 Å². The van der Waals surface area contributed by atoms with Crippen LogP contribution in [-0.2, 0) is 11.2 Å². The summed E-state index contributed by atoms with van der Waals surface area (Å²) in [5, 5.41) is 11.3. The Morgan fingerprint density at radius 2 is 1.83 bits per heavy atom. The fourth-order valence-corrected chi connectivity index (χ4v) is 1.96. The normalized spacial score (nSPS) is 11.5. The molecule has 1 unspecified atom stereocenters. The number of hydrogen-bond acceptors (Lipinski definition) is 4. The molecular weight excluding hydrogens is 298 g/mol. The van der Waals surface area contributed by atoms with Gasteiger partial charge in [0.15, 0.2) is 0 Å². The SMILES string of the molecule is NC(=O)C(Cc1ccccc1)NC(=O)c1ccc(C(=O)O)cn1. The van der Waals surface area contributed by atoms with E-state index in [2.05, 4.69) is 10.3 Å². The highest BCUT2D eigenvalue weighted by Crippen LogP contribution is 2.05. The molecule has 7 nitrogen and oxygen atoms in total. The largest absolute Gasteiger partial charge is 0.478 e. The van der Waals surface area contributed by atoms with Gasteiger partial charge >= 0.3 is 5.97 Å². The summed E-state index contributed by atoms with van der Waals surface area (Å²) in [5.74, 6) is -2.39. The molecule has 0 aliphatic rings. The average molecular weight is 313 g/mol. The highest BCUT2D eigenvalue weighted by molar-refractivity contribution is 5.96. The first-order chi connectivity index (χ1) is 11.0. The van der Waals surface area contributed by atoms with Gasteiger partial charge in [-0.25, -0.2) is 4.79 Å². The number of carboxylic acid groups (broad SMARTS) is 1. The van der Waals surface area contributed by atoms with Crippen LogP contribution in [0.2, 0.25) is 0 Å². The third kappa shape index (κ3) is 4.37. The summed E-state index contributed by atoms with van der Waals surface area (Å²) in [5.41, 5.74) is 6.15. The summed E-state index contributed by atoms with van der Waals surface area (Å²) in [7, 11) is 0. The molecule has 0 aliphatic heterocycles. The molecule has 2 rings (SSSR count). The van der Waals surface area contributed by atoms with E-state index in [1.165, 1.54) is 12.1 Å². The number of nitrogens with one attached hydrogen (secondary N) is 1. The van der Waals surface area contributed by atoms with Gasteiger partial charge in [-0.15, -0.1) is 0 Å². The van der Waals surface area contributed by atoms with Crippen molar-refractivity contribution in [2.45, 2.75) is 12.5 Å². The Balaban J connectivity index is 2.08. The molecule has 23 heavy (non-hydrogen) atoms. The van der Waals surface area contributed by atoms with E-state index >= 15 is 0 Å². The predicted molar refractivity (Wildman–Crippen MR) is 81.8 cm³/mol. The van der Waals surface area contributed by atoms with E-state index in [4.69, 9.17) is 10.8 Å². The molecule has 2 aromatic rings. The minimum atomic E-state index is -1.14. The van der Waals surface area contributed by atoms with Crippen LogP contribution in [0.5, 0.6) is 0 Å². The monoisotopic (exact) mass is 313 g/mol. The topological polar surface area (TPSA) is 122 Å². The molecule has 7 heteroatoms. The van der Waals surface area contributed by atoms with Crippen molar-refractivity contribution < 1.29 is 19.5 Å². The number of rotatable bonds is 6. The second-order valence-corrected chi connectivity index (χ2v) is 4.86. The standard InChI is InChI=1S/C16H15N3O4/c17-14(20)13(8-10-4-2-1-3-5-10)19-15(21)12-7-6-11(9-18-12)16(22)23/h1-7,9,13H,8H2,(H2,17,20)(H,19,21)(H,22,23). The molecule has 0 saturated heterocycles. The molecule has 0 fully saturated rings. The van der Waals surface area contributed by atoms with Gasteiger partial charge in [0.25, 0.3) is 5.91 Å². The lowest BCUT2D eigenvalue weighted by Gasteiger charge is -2.15. The molecule has 0 aliphatic carbocycles. The van der Waals surface area contributed by atoms with Crippen molar-refractivity contribution in [3.8, 4) is 0 Å². The molecule has 0 saturated carbocycles. The maximum Gasteiger partial charge on any atom is 0.337 e. The highest BCUT2D eigenvalue weighted by Gasteiger charge is 2.20. The Hall–Kier alpha value is -3.22. The van der Waals surface area contributed by atoms with Gasteiger partial charge in [0, 0.05) is 12.6 Å². The van der Waals surface area contributed by atoms with Crippen LogP contribution in [0, 0.1) is 0 Å². The molecule has 2 amide bonds. The summed E-state index contributed by atoms with van der Waals surface area (Å²) in [6, 6.07) is 10.8. The molecular formula is C16H15N3O4. The van der Waals surface area contributed by atoms with Crippen LogP contribution in [0.3, 0.4) is 0 Å². The van der Waals surface area contributed by atoms with Crippen molar-refractivity contribution in [1.82, 2.24) is 10.3 Å². The molecule has 4 N–H and O–H groups in total. The van der Waals surface area contributed by atoms with Gasteiger partial charge in [-0.2, -0.15) is 0 Å². The Morgan fingerprint density at radius 3 is 2.35 bits per heavy atom. The minimum absolute atomic E-state index is 0.00862. The van der Waals surface area contributed by atoms with Crippen LogP contribution in [0.15, 0.2) is 48.7 Å². The van der Waals surface area contributed by atoms with Gasteiger partial charge in [-0.3, -0.25) is 14.6 Å². The first-order valence-corrected chi connectivity index (χ1v) is 6.81. The van der Waals surface area contributed by atoms with E-state index < -0.39 is 23.8 Å². The van der Waals surface area contributed by atoms with E-state index in [-0.39, 0.29) is 17.7 Å². The van der Waals surface area contributed by atoms with Crippen molar-refractivity contribution >= 4 is 17.8 Å². The number of benzene rings is 1. The van der Waals surface area contributed by atoms with Gasteiger partial charge in [0.2, 0.25) is 5.91 Å². The number of aromatic carboxylic acids is 1. The highest BCUT2D eigenvalue weighted by atomic mass is 16.4. The predicted octanol–water partition coefficient (Wildman–Crippen LogP) is 0.606. The summed E-state index contributed by atoms with van der Waals surface area (Å²) in [6.45, 7) is 0. The van der Waals surface area contributed by atoms with Gasteiger partial charge in [-0.05, 0) is 17.7 Å². The third-order valence-electron chi connectivity index (χ3n) is 3.17. The van der Waals surface area contributed by atoms with Gasteiger partial charge < -0.3 is 16.2 Å². The number of nitrogens with zero attached hydrogens (tertiary/aromatic N) is 1. The quantitative estimate of drug-likeness (QED) is 0.721. The molecule has 0 radical (unpaired) electrons. The lowest BCUT2D eigenvalue weighted by Crippen LogP contribution is -2.46.